The third kappa shape index (κ3) is 3.26. The van der Waals surface area contributed by atoms with E-state index in [9.17, 15) is 4.79 Å². The summed E-state index contributed by atoms with van der Waals surface area (Å²) in [4.78, 5) is 16.5. The summed E-state index contributed by atoms with van der Waals surface area (Å²) in [6, 6.07) is 5.60. The highest BCUT2D eigenvalue weighted by molar-refractivity contribution is 5.99. The predicted octanol–water partition coefficient (Wildman–Crippen LogP) is 1.60. The molecule has 4 heteroatoms. The molecule has 1 aliphatic rings. The maximum absolute atomic E-state index is 12.4. The first kappa shape index (κ1) is 13.9. The second kappa shape index (κ2) is 5.61. The van der Waals surface area contributed by atoms with Crippen LogP contribution in [0.1, 0.15) is 22.3 Å². The Hall–Kier alpha value is -1.55. The second-order valence-electron chi connectivity index (χ2n) is 5.69. The highest BCUT2D eigenvalue weighted by Crippen LogP contribution is 2.19. The van der Waals surface area contributed by atoms with Crippen LogP contribution in [0.3, 0.4) is 0 Å². The molecule has 0 spiro atoms. The van der Waals surface area contributed by atoms with Crippen molar-refractivity contribution in [3.63, 3.8) is 0 Å². The number of carbonyl (C=O) groups excluding carboxylic acids is 1. The summed E-state index contributed by atoms with van der Waals surface area (Å²) in [7, 11) is 3.99. The van der Waals surface area contributed by atoms with Gasteiger partial charge in [-0.25, -0.2) is 0 Å². The molecule has 0 radical (unpaired) electrons. The first-order chi connectivity index (χ1) is 8.97. The van der Waals surface area contributed by atoms with Crippen molar-refractivity contribution in [3.05, 3.63) is 29.3 Å². The number of hydrogen-bond donors (Lipinski definition) is 1. The summed E-state index contributed by atoms with van der Waals surface area (Å²) in [6.07, 6.45) is 1.16. The highest BCUT2D eigenvalue weighted by Gasteiger charge is 2.23. The van der Waals surface area contributed by atoms with Crippen molar-refractivity contribution in [2.45, 2.75) is 13.3 Å². The lowest BCUT2D eigenvalue weighted by Gasteiger charge is -2.22. The van der Waals surface area contributed by atoms with Crippen LogP contribution in [0, 0.1) is 12.8 Å². The fraction of sp³-hybridized carbons (Fsp3) is 0.533. The number of amides is 1. The Balaban J connectivity index is 2.04. The van der Waals surface area contributed by atoms with Crippen LogP contribution in [0.25, 0.3) is 0 Å². The number of nitrogens with two attached hydrogens (primary N) is 1. The number of hydrogen-bond acceptors (Lipinski definition) is 3. The Morgan fingerprint density at radius 2 is 2.26 bits per heavy atom. The number of rotatable bonds is 3. The van der Waals surface area contributed by atoms with Crippen LogP contribution >= 0.6 is 0 Å². The van der Waals surface area contributed by atoms with Crippen molar-refractivity contribution in [1.29, 1.82) is 0 Å². The molecule has 1 heterocycles. The Labute approximate surface area is 115 Å². The van der Waals surface area contributed by atoms with Crippen LogP contribution in [-0.2, 0) is 0 Å². The Morgan fingerprint density at radius 1 is 1.53 bits per heavy atom. The first-order valence-electron chi connectivity index (χ1n) is 6.77. The van der Waals surface area contributed by atoms with E-state index in [0.717, 1.165) is 31.6 Å². The maximum atomic E-state index is 12.4. The van der Waals surface area contributed by atoms with Crippen molar-refractivity contribution < 1.29 is 4.79 Å². The van der Waals surface area contributed by atoms with Crippen LogP contribution in [0.2, 0.25) is 0 Å². The average molecular weight is 261 g/mol. The zero-order valence-corrected chi connectivity index (χ0v) is 12.0. The van der Waals surface area contributed by atoms with Gasteiger partial charge in [0.25, 0.3) is 5.91 Å². The summed E-state index contributed by atoms with van der Waals surface area (Å²) in [5, 5.41) is 0. The molecule has 2 rings (SSSR count). The lowest BCUT2D eigenvalue weighted by molar-refractivity contribution is 0.0775. The number of likely N-dealkylation sites (tertiary alicyclic amines) is 1. The van der Waals surface area contributed by atoms with E-state index in [0.29, 0.717) is 17.2 Å². The fourth-order valence-electron chi connectivity index (χ4n) is 2.71. The molecule has 1 aromatic rings. The minimum atomic E-state index is 0.0238. The molecule has 2 N–H and O–H groups in total. The van der Waals surface area contributed by atoms with Crippen molar-refractivity contribution in [2.75, 3.05) is 39.5 Å². The molecule has 0 aliphatic carbocycles. The number of nitrogen functional groups attached to an aromatic ring is 1. The molecule has 1 atom stereocenters. The predicted molar refractivity (Wildman–Crippen MR) is 78.2 cm³/mol. The van der Waals surface area contributed by atoms with E-state index in [-0.39, 0.29) is 5.91 Å². The lowest BCUT2D eigenvalue weighted by atomic mass is 10.1. The topological polar surface area (TPSA) is 49.6 Å². The average Bonchev–Trinajstić information content (AvgIpc) is 2.77. The van der Waals surface area contributed by atoms with Gasteiger partial charge in [0, 0.05) is 25.8 Å². The zero-order chi connectivity index (χ0) is 14.0. The quantitative estimate of drug-likeness (QED) is 0.841. The number of anilines is 1. The van der Waals surface area contributed by atoms with Crippen LogP contribution in [0.15, 0.2) is 18.2 Å². The molecule has 0 aromatic heterocycles. The standard InChI is InChI=1S/C15H23N3O/c1-11-4-5-14(16)13(8-11)15(19)18(3)10-12-6-7-17(2)9-12/h4-5,8,12H,6-7,9-10,16H2,1-3H3. The monoisotopic (exact) mass is 261 g/mol. The van der Waals surface area contributed by atoms with Gasteiger partial charge in [-0.2, -0.15) is 0 Å². The van der Waals surface area contributed by atoms with E-state index in [4.69, 9.17) is 5.73 Å². The van der Waals surface area contributed by atoms with Crippen LogP contribution < -0.4 is 5.73 Å². The third-order valence-electron chi connectivity index (χ3n) is 3.81. The van der Waals surface area contributed by atoms with Gasteiger partial charge in [0.05, 0.1) is 5.56 Å². The molecule has 1 unspecified atom stereocenters. The third-order valence-corrected chi connectivity index (χ3v) is 3.81. The number of nitrogens with zero attached hydrogens (tertiary/aromatic N) is 2. The number of carbonyl (C=O) groups is 1. The summed E-state index contributed by atoms with van der Waals surface area (Å²) in [5.74, 6) is 0.598. The van der Waals surface area contributed by atoms with Gasteiger partial charge in [-0.3, -0.25) is 4.79 Å². The molecule has 1 aliphatic heterocycles. The maximum Gasteiger partial charge on any atom is 0.255 e. The Kier molecular flexibility index (Phi) is 4.10. The van der Waals surface area contributed by atoms with Gasteiger partial charge >= 0.3 is 0 Å². The largest absolute Gasteiger partial charge is 0.398 e. The SMILES string of the molecule is Cc1ccc(N)c(C(=O)N(C)CC2CCN(C)C2)c1. The molecular weight excluding hydrogens is 238 g/mol. The zero-order valence-electron chi connectivity index (χ0n) is 12.0. The summed E-state index contributed by atoms with van der Waals surface area (Å²) in [6.45, 7) is 4.97. The van der Waals surface area contributed by atoms with Crippen molar-refractivity contribution in [2.24, 2.45) is 5.92 Å². The van der Waals surface area contributed by atoms with Gasteiger partial charge in [0.2, 0.25) is 0 Å². The molecule has 0 saturated carbocycles. The minimum absolute atomic E-state index is 0.0238. The van der Waals surface area contributed by atoms with Crippen LogP contribution in [0.5, 0.6) is 0 Å². The van der Waals surface area contributed by atoms with Gasteiger partial charge in [0.1, 0.15) is 0 Å². The molecule has 1 amide bonds. The van der Waals surface area contributed by atoms with Gasteiger partial charge in [-0.05, 0) is 45.0 Å². The van der Waals surface area contributed by atoms with E-state index < -0.39 is 0 Å². The summed E-state index contributed by atoms with van der Waals surface area (Å²) in [5.41, 5.74) is 8.14. The molecule has 1 saturated heterocycles. The lowest BCUT2D eigenvalue weighted by Crippen LogP contribution is -2.33. The Morgan fingerprint density at radius 3 is 2.89 bits per heavy atom. The normalized spacial score (nSPS) is 19.6. The van der Waals surface area contributed by atoms with E-state index in [1.54, 1.807) is 11.0 Å². The fourth-order valence-corrected chi connectivity index (χ4v) is 2.71. The van der Waals surface area contributed by atoms with Crippen LogP contribution in [0.4, 0.5) is 5.69 Å². The van der Waals surface area contributed by atoms with Gasteiger partial charge in [-0.1, -0.05) is 11.6 Å². The van der Waals surface area contributed by atoms with Crippen LogP contribution in [-0.4, -0.2) is 49.4 Å². The van der Waals surface area contributed by atoms with Gasteiger partial charge < -0.3 is 15.5 Å². The first-order valence-corrected chi connectivity index (χ1v) is 6.77. The van der Waals surface area contributed by atoms with E-state index >= 15 is 0 Å². The van der Waals surface area contributed by atoms with Gasteiger partial charge in [-0.15, -0.1) is 0 Å². The molecule has 1 aromatic carbocycles. The Bertz CT molecular complexity index is 472. The smallest absolute Gasteiger partial charge is 0.255 e. The minimum Gasteiger partial charge on any atom is -0.398 e. The molecule has 104 valence electrons. The number of aryl methyl sites for hydroxylation is 1. The van der Waals surface area contributed by atoms with Gasteiger partial charge in [0.15, 0.2) is 0 Å². The van der Waals surface area contributed by atoms with E-state index in [1.165, 1.54) is 0 Å². The van der Waals surface area contributed by atoms with E-state index in [2.05, 4.69) is 11.9 Å². The van der Waals surface area contributed by atoms with Crippen molar-refractivity contribution in [1.82, 2.24) is 9.80 Å². The highest BCUT2D eigenvalue weighted by atomic mass is 16.2. The van der Waals surface area contributed by atoms with Crippen molar-refractivity contribution in [3.8, 4) is 0 Å². The molecule has 1 fully saturated rings. The van der Waals surface area contributed by atoms with E-state index in [1.807, 2.05) is 26.1 Å². The molecule has 19 heavy (non-hydrogen) atoms. The molecular formula is C15H23N3O. The molecule has 4 nitrogen and oxygen atoms in total. The summed E-state index contributed by atoms with van der Waals surface area (Å²) < 4.78 is 0. The molecule has 0 bridgehead atoms. The summed E-state index contributed by atoms with van der Waals surface area (Å²) >= 11 is 0. The second-order valence-corrected chi connectivity index (χ2v) is 5.69. The van der Waals surface area contributed by atoms with Crippen molar-refractivity contribution >= 4 is 11.6 Å². The number of benzene rings is 1.